The Morgan fingerprint density at radius 3 is 2.58 bits per heavy atom. The topological polar surface area (TPSA) is 113 Å². The van der Waals surface area contributed by atoms with Crippen LogP contribution in [0.3, 0.4) is 0 Å². The van der Waals surface area contributed by atoms with Gasteiger partial charge in [-0.2, -0.15) is 0 Å². The number of aromatic nitrogens is 1. The Hall–Kier alpha value is -2.85. The molecule has 0 radical (unpaired) electrons. The maximum Gasteiger partial charge on any atom is 0.277 e. The maximum atomic E-state index is 12.7. The lowest BCUT2D eigenvalue weighted by atomic mass is 10.0. The van der Waals surface area contributed by atoms with Gasteiger partial charge in [0.05, 0.1) is 18.1 Å². The standard InChI is InChI=1S/C21H24N2O7S/c1-23-9-15(19-18(21(23)25)22-20(24)17(30-19)11-28-2)14-8-13(31(3,26)27)6-7-16(14)29-10-12-4-5-12/h6-9,12,17H,4-5,10-11H2,1-3H3,(H,22,24)/t17-/m0/s1. The van der Waals surface area contributed by atoms with Gasteiger partial charge in [-0.15, -0.1) is 0 Å². The van der Waals surface area contributed by atoms with E-state index < -0.39 is 27.4 Å². The molecule has 1 aromatic carbocycles. The molecule has 166 valence electrons. The smallest absolute Gasteiger partial charge is 0.277 e. The van der Waals surface area contributed by atoms with E-state index in [2.05, 4.69) is 5.32 Å². The summed E-state index contributed by atoms with van der Waals surface area (Å²) in [5, 5.41) is 2.60. The summed E-state index contributed by atoms with van der Waals surface area (Å²) in [5.41, 5.74) is 0.454. The summed E-state index contributed by atoms with van der Waals surface area (Å²) in [7, 11) is -0.504. The second-order valence-electron chi connectivity index (χ2n) is 7.90. The Balaban J connectivity index is 1.90. The lowest BCUT2D eigenvalue weighted by Gasteiger charge is -2.27. The third-order valence-corrected chi connectivity index (χ3v) is 6.40. The molecule has 1 atom stereocenters. The number of nitrogens with zero attached hydrogens (tertiary/aromatic N) is 1. The molecule has 0 spiro atoms. The Bertz CT molecular complexity index is 1200. The fraction of sp³-hybridized carbons (Fsp3) is 0.429. The largest absolute Gasteiger partial charge is 0.493 e. The van der Waals surface area contributed by atoms with E-state index in [0.717, 1.165) is 19.1 Å². The van der Waals surface area contributed by atoms with Crippen molar-refractivity contribution in [2.45, 2.75) is 23.8 Å². The summed E-state index contributed by atoms with van der Waals surface area (Å²) in [6.07, 6.45) is 3.92. The monoisotopic (exact) mass is 448 g/mol. The highest BCUT2D eigenvalue weighted by Crippen LogP contribution is 2.43. The number of fused-ring (bicyclic) bond motifs is 1. The van der Waals surface area contributed by atoms with E-state index in [0.29, 0.717) is 29.4 Å². The van der Waals surface area contributed by atoms with E-state index in [4.69, 9.17) is 14.2 Å². The number of amides is 1. The van der Waals surface area contributed by atoms with Crippen LogP contribution in [0.1, 0.15) is 12.8 Å². The van der Waals surface area contributed by atoms with Crippen LogP contribution in [0, 0.1) is 5.92 Å². The van der Waals surface area contributed by atoms with Crippen molar-refractivity contribution >= 4 is 21.4 Å². The number of rotatable bonds is 7. The number of hydrogen-bond acceptors (Lipinski definition) is 7. The fourth-order valence-electron chi connectivity index (χ4n) is 3.37. The van der Waals surface area contributed by atoms with Crippen LogP contribution in [-0.4, -0.2) is 51.6 Å². The second-order valence-corrected chi connectivity index (χ2v) is 9.91. The maximum absolute atomic E-state index is 12.7. The number of ether oxygens (including phenoxy) is 3. The molecule has 1 N–H and O–H groups in total. The summed E-state index contributed by atoms with van der Waals surface area (Å²) >= 11 is 0. The number of carbonyl (C=O) groups excluding carboxylic acids is 1. The van der Waals surface area contributed by atoms with Crippen molar-refractivity contribution < 1.29 is 27.4 Å². The van der Waals surface area contributed by atoms with E-state index in [-0.39, 0.29) is 22.9 Å². The van der Waals surface area contributed by atoms with Crippen LogP contribution in [0.2, 0.25) is 0 Å². The van der Waals surface area contributed by atoms with E-state index in [1.54, 1.807) is 19.3 Å². The average molecular weight is 448 g/mol. The number of benzene rings is 1. The molecule has 2 aromatic rings. The number of pyridine rings is 1. The molecule has 0 saturated heterocycles. The summed E-state index contributed by atoms with van der Waals surface area (Å²) < 4.78 is 42.6. The number of aryl methyl sites for hydroxylation is 1. The molecule has 2 heterocycles. The Kier molecular flexibility index (Phi) is 5.52. The zero-order chi connectivity index (χ0) is 22.3. The Morgan fingerprint density at radius 2 is 1.94 bits per heavy atom. The van der Waals surface area contributed by atoms with E-state index in [1.807, 2.05) is 0 Å². The summed E-state index contributed by atoms with van der Waals surface area (Å²) in [6, 6.07) is 4.61. The van der Waals surface area contributed by atoms with Gasteiger partial charge in [0.25, 0.3) is 11.5 Å². The molecule has 1 saturated carbocycles. The highest BCUT2D eigenvalue weighted by Gasteiger charge is 2.33. The Labute approximate surface area is 179 Å². The van der Waals surface area contributed by atoms with Crippen molar-refractivity contribution in [1.82, 2.24) is 4.57 Å². The quantitative estimate of drug-likeness (QED) is 0.684. The molecular formula is C21H24N2O7S. The third kappa shape index (κ3) is 4.31. The first kappa shape index (κ1) is 21.4. The van der Waals surface area contributed by atoms with Crippen molar-refractivity contribution in [3.63, 3.8) is 0 Å². The summed E-state index contributed by atoms with van der Waals surface area (Å²) in [5.74, 6) is 0.632. The van der Waals surface area contributed by atoms with Crippen LogP contribution < -0.4 is 20.3 Å². The van der Waals surface area contributed by atoms with Crippen LogP contribution >= 0.6 is 0 Å². The van der Waals surface area contributed by atoms with Crippen LogP contribution in [0.5, 0.6) is 11.5 Å². The molecule has 0 bridgehead atoms. The van der Waals surface area contributed by atoms with Crippen molar-refractivity contribution in [3.05, 3.63) is 34.7 Å². The minimum atomic E-state index is -3.49. The van der Waals surface area contributed by atoms with Crippen molar-refractivity contribution in [2.75, 3.05) is 31.9 Å². The van der Waals surface area contributed by atoms with Gasteiger partial charge < -0.3 is 24.1 Å². The number of anilines is 1. The molecule has 1 aliphatic heterocycles. The highest BCUT2D eigenvalue weighted by molar-refractivity contribution is 7.90. The van der Waals surface area contributed by atoms with Gasteiger partial charge in [-0.1, -0.05) is 0 Å². The molecule has 9 nitrogen and oxygen atoms in total. The van der Waals surface area contributed by atoms with Crippen LogP contribution in [0.25, 0.3) is 11.1 Å². The molecule has 0 unspecified atom stereocenters. The van der Waals surface area contributed by atoms with Crippen molar-refractivity contribution in [2.24, 2.45) is 13.0 Å². The number of hydrogen-bond donors (Lipinski definition) is 1. The second kappa shape index (κ2) is 8.01. The van der Waals surface area contributed by atoms with E-state index >= 15 is 0 Å². The highest BCUT2D eigenvalue weighted by atomic mass is 32.2. The molecule has 1 amide bonds. The number of sulfone groups is 1. The number of methoxy groups -OCH3 is 1. The minimum Gasteiger partial charge on any atom is -0.493 e. The summed E-state index contributed by atoms with van der Waals surface area (Å²) in [6.45, 7) is 0.511. The molecule has 31 heavy (non-hydrogen) atoms. The number of carbonyl (C=O) groups is 1. The van der Waals surface area contributed by atoms with Gasteiger partial charge >= 0.3 is 0 Å². The van der Waals surface area contributed by atoms with Crippen molar-refractivity contribution in [3.8, 4) is 22.6 Å². The van der Waals surface area contributed by atoms with E-state index in [9.17, 15) is 18.0 Å². The predicted octanol–water partition coefficient (Wildman–Crippen LogP) is 1.59. The van der Waals surface area contributed by atoms with Crippen LogP contribution in [-0.2, 0) is 26.4 Å². The molecule has 10 heteroatoms. The van der Waals surface area contributed by atoms with Crippen LogP contribution in [0.4, 0.5) is 5.69 Å². The van der Waals surface area contributed by atoms with Gasteiger partial charge in [-0.05, 0) is 37.0 Å². The molecule has 1 aliphatic carbocycles. The first-order valence-electron chi connectivity index (χ1n) is 9.86. The molecular weight excluding hydrogens is 424 g/mol. The Morgan fingerprint density at radius 1 is 1.19 bits per heavy atom. The normalized spacial score (nSPS) is 18.2. The van der Waals surface area contributed by atoms with E-state index in [1.165, 1.54) is 23.8 Å². The van der Waals surface area contributed by atoms with Crippen LogP contribution in [0.15, 0.2) is 34.1 Å². The zero-order valence-corrected chi connectivity index (χ0v) is 18.3. The molecule has 4 rings (SSSR count). The molecule has 1 aromatic heterocycles. The zero-order valence-electron chi connectivity index (χ0n) is 17.5. The number of nitrogens with one attached hydrogen (secondary N) is 1. The first-order valence-corrected chi connectivity index (χ1v) is 11.8. The van der Waals surface area contributed by atoms with Gasteiger partial charge in [-0.3, -0.25) is 9.59 Å². The van der Waals surface area contributed by atoms with Gasteiger partial charge in [-0.25, -0.2) is 8.42 Å². The minimum absolute atomic E-state index is 0.00439. The lowest BCUT2D eigenvalue weighted by Crippen LogP contribution is -2.43. The summed E-state index contributed by atoms with van der Waals surface area (Å²) in [4.78, 5) is 25.1. The SMILES string of the molecule is COC[C@@H]1Oc2c(-c3cc(S(C)(=O)=O)ccc3OCC3CC3)cn(C)c(=O)c2NC1=O. The lowest BCUT2D eigenvalue weighted by molar-refractivity contribution is -0.125. The average Bonchev–Trinajstić information content (AvgIpc) is 3.54. The fourth-order valence-corrected chi connectivity index (χ4v) is 4.02. The van der Waals surface area contributed by atoms with Crippen molar-refractivity contribution in [1.29, 1.82) is 0 Å². The third-order valence-electron chi connectivity index (χ3n) is 5.29. The molecule has 1 fully saturated rings. The predicted molar refractivity (Wildman–Crippen MR) is 113 cm³/mol. The molecule has 2 aliphatic rings. The van der Waals surface area contributed by atoms with Gasteiger partial charge in [0.1, 0.15) is 5.75 Å². The van der Waals surface area contributed by atoms with Gasteiger partial charge in [0, 0.05) is 37.7 Å². The van der Waals surface area contributed by atoms with Gasteiger partial charge in [0.15, 0.2) is 21.3 Å². The first-order chi connectivity index (χ1) is 14.7. The van der Waals surface area contributed by atoms with Gasteiger partial charge in [0.2, 0.25) is 6.10 Å².